The molecule has 0 radical (unpaired) electrons. The second-order valence-corrected chi connectivity index (χ2v) is 7.98. The maximum absolute atomic E-state index is 11.8. The van der Waals surface area contributed by atoms with E-state index >= 15 is 0 Å². The summed E-state index contributed by atoms with van der Waals surface area (Å²) >= 11 is 1.01. The Morgan fingerprint density at radius 1 is 1.08 bits per heavy atom. The Bertz CT molecular complexity index is 644. The summed E-state index contributed by atoms with van der Waals surface area (Å²) in [5.74, 6) is -1.31. The molecule has 0 saturated heterocycles. The van der Waals surface area contributed by atoms with Gasteiger partial charge in [0.05, 0.1) is 5.69 Å². The van der Waals surface area contributed by atoms with Gasteiger partial charge in [-0.05, 0) is 41.5 Å². The molecule has 3 N–H and O–H groups in total. The number of aliphatic carboxylic acids is 1. The fourth-order valence-corrected chi connectivity index (χ4v) is 2.28. The molecule has 9 nitrogen and oxygen atoms in total. The largest absolute Gasteiger partial charge is 0.479 e. The Hall–Kier alpha value is -2.36. The van der Waals surface area contributed by atoms with E-state index in [0.717, 1.165) is 11.3 Å². The van der Waals surface area contributed by atoms with Crippen molar-refractivity contribution in [3.63, 3.8) is 0 Å². The van der Waals surface area contributed by atoms with Crippen LogP contribution in [0.25, 0.3) is 0 Å². The van der Waals surface area contributed by atoms with Gasteiger partial charge in [0.25, 0.3) is 0 Å². The van der Waals surface area contributed by atoms with Gasteiger partial charge in [0.15, 0.2) is 11.2 Å². The normalized spacial score (nSPS) is 12.9. The van der Waals surface area contributed by atoms with Gasteiger partial charge < -0.3 is 19.9 Å². The summed E-state index contributed by atoms with van der Waals surface area (Å²) in [7, 11) is 0. The Morgan fingerprint density at radius 3 is 2.08 bits per heavy atom. The maximum atomic E-state index is 11.8. The van der Waals surface area contributed by atoms with Gasteiger partial charge in [0.1, 0.15) is 11.2 Å². The van der Waals surface area contributed by atoms with Crippen LogP contribution in [-0.2, 0) is 14.3 Å². The van der Waals surface area contributed by atoms with Crippen LogP contribution < -0.4 is 10.6 Å². The molecule has 0 bridgehead atoms. The van der Waals surface area contributed by atoms with E-state index in [1.807, 2.05) is 0 Å². The third-order valence-electron chi connectivity index (χ3n) is 2.33. The predicted octanol–water partition coefficient (Wildman–Crippen LogP) is 3.14. The number of anilines is 1. The number of nitrogens with one attached hydrogen (secondary N) is 2. The average molecular weight is 373 g/mol. The highest BCUT2D eigenvalue weighted by molar-refractivity contribution is 7.13. The van der Waals surface area contributed by atoms with Gasteiger partial charge in [-0.1, -0.05) is 0 Å². The molecule has 0 unspecified atom stereocenters. The number of aromatic nitrogens is 1. The van der Waals surface area contributed by atoms with E-state index in [1.165, 1.54) is 5.38 Å². The van der Waals surface area contributed by atoms with Crippen LogP contribution in [0.1, 0.15) is 53.3 Å². The molecule has 10 heteroatoms. The van der Waals surface area contributed by atoms with Gasteiger partial charge in [-0.15, -0.1) is 11.3 Å². The summed E-state index contributed by atoms with van der Waals surface area (Å²) in [6.07, 6.45) is -1.59. The van der Waals surface area contributed by atoms with Crippen molar-refractivity contribution in [2.75, 3.05) is 5.32 Å². The van der Waals surface area contributed by atoms with Crippen LogP contribution in [0.5, 0.6) is 0 Å². The smallest absolute Gasteiger partial charge is 0.413 e. The molecular formula is C15H23N3O6S. The fourth-order valence-electron chi connectivity index (χ4n) is 1.55. The number of alkyl carbamates (subject to hydrolysis) is 1. The Kier molecular flexibility index (Phi) is 6.36. The fraction of sp³-hybridized carbons (Fsp3) is 0.600. The van der Waals surface area contributed by atoms with Crippen LogP contribution in [-0.4, -0.2) is 39.4 Å². The minimum absolute atomic E-state index is 0.0643. The molecule has 0 aliphatic rings. The maximum Gasteiger partial charge on any atom is 0.413 e. The van der Waals surface area contributed by atoms with E-state index in [9.17, 15) is 19.5 Å². The molecule has 1 heterocycles. The van der Waals surface area contributed by atoms with Gasteiger partial charge in [-0.2, -0.15) is 0 Å². The molecule has 2 amide bonds. The first-order chi connectivity index (χ1) is 11.3. The lowest BCUT2D eigenvalue weighted by Gasteiger charge is -2.21. The standard InChI is InChI=1S/C15H23N3O6S/c1-14(2,3)23-12(21)17-9(10(19)20)8-7-25-11(16-8)18-13(22)24-15(4,5)6/h7,9H,1-6H3,(H,17,21)(H,19,20)(H,16,18,22)/t9-/m1/s1. The molecule has 0 fully saturated rings. The van der Waals surface area contributed by atoms with Gasteiger partial charge >= 0.3 is 18.2 Å². The van der Waals surface area contributed by atoms with Crippen molar-refractivity contribution in [2.24, 2.45) is 0 Å². The molecule has 0 aliphatic heterocycles. The lowest BCUT2D eigenvalue weighted by molar-refractivity contribution is -0.139. The Labute approximate surface area is 149 Å². The van der Waals surface area contributed by atoms with Crippen molar-refractivity contribution < 1.29 is 29.0 Å². The number of carbonyl (C=O) groups is 3. The first-order valence-corrected chi connectivity index (χ1v) is 8.32. The van der Waals surface area contributed by atoms with Crippen molar-refractivity contribution in [3.05, 3.63) is 11.1 Å². The van der Waals surface area contributed by atoms with Crippen molar-refractivity contribution in [1.82, 2.24) is 10.3 Å². The van der Waals surface area contributed by atoms with Crippen LogP contribution in [0.15, 0.2) is 5.38 Å². The third-order valence-corrected chi connectivity index (χ3v) is 3.11. The highest BCUT2D eigenvalue weighted by Gasteiger charge is 2.28. The number of rotatable bonds is 4. The molecule has 0 aliphatic carbocycles. The highest BCUT2D eigenvalue weighted by atomic mass is 32.1. The van der Waals surface area contributed by atoms with Crippen molar-refractivity contribution in [2.45, 2.75) is 58.8 Å². The number of carbonyl (C=O) groups excluding carboxylic acids is 2. The second-order valence-electron chi connectivity index (χ2n) is 7.12. The number of carboxylic acids is 1. The predicted molar refractivity (Wildman–Crippen MR) is 91.7 cm³/mol. The first kappa shape index (κ1) is 20.7. The number of hydrogen-bond donors (Lipinski definition) is 3. The molecule has 25 heavy (non-hydrogen) atoms. The zero-order valence-electron chi connectivity index (χ0n) is 15.0. The number of thiazole rings is 1. The number of amides is 2. The van der Waals surface area contributed by atoms with Gasteiger partial charge in [0.2, 0.25) is 0 Å². The zero-order valence-corrected chi connectivity index (χ0v) is 15.8. The first-order valence-electron chi connectivity index (χ1n) is 7.44. The number of hydrogen-bond acceptors (Lipinski definition) is 7. The summed E-state index contributed by atoms with van der Waals surface area (Å²) in [5, 5.41) is 15.5. The van der Waals surface area contributed by atoms with E-state index in [1.54, 1.807) is 41.5 Å². The zero-order chi connectivity index (χ0) is 19.4. The average Bonchev–Trinajstić information content (AvgIpc) is 2.78. The SMILES string of the molecule is CC(C)(C)OC(=O)Nc1nc([C@@H](NC(=O)OC(C)(C)C)C(=O)O)cs1. The Balaban J connectivity index is 2.80. The molecular weight excluding hydrogens is 350 g/mol. The van der Waals surface area contributed by atoms with Gasteiger partial charge in [-0.25, -0.2) is 19.4 Å². The molecule has 1 aromatic rings. The van der Waals surface area contributed by atoms with Crippen molar-refractivity contribution in [1.29, 1.82) is 0 Å². The summed E-state index contributed by atoms with van der Waals surface area (Å²) in [5.41, 5.74) is -1.38. The minimum atomic E-state index is -1.40. The van der Waals surface area contributed by atoms with Crippen LogP contribution >= 0.6 is 11.3 Å². The van der Waals surface area contributed by atoms with Crippen LogP contribution in [0.2, 0.25) is 0 Å². The van der Waals surface area contributed by atoms with Gasteiger partial charge in [-0.3, -0.25) is 5.32 Å². The lowest BCUT2D eigenvalue weighted by Crippen LogP contribution is -2.38. The van der Waals surface area contributed by atoms with Crippen LogP contribution in [0.4, 0.5) is 14.7 Å². The third kappa shape index (κ3) is 7.84. The molecule has 1 rings (SSSR count). The molecule has 0 saturated carbocycles. The van der Waals surface area contributed by atoms with E-state index in [2.05, 4.69) is 15.6 Å². The highest BCUT2D eigenvalue weighted by Crippen LogP contribution is 2.22. The molecule has 1 aromatic heterocycles. The van der Waals surface area contributed by atoms with Crippen molar-refractivity contribution >= 4 is 34.6 Å². The molecule has 0 aromatic carbocycles. The lowest BCUT2D eigenvalue weighted by atomic mass is 10.2. The van der Waals surface area contributed by atoms with E-state index in [0.29, 0.717) is 0 Å². The number of nitrogens with zero attached hydrogens (tertiary/aromatic N) is 1. The molecule has 0 spiro atoms. The molecule has 1 atom stereocenters. The van der Waals surface area contributed by atoms with Crippen LogP contribution in [0, 0.1) is 0 Å². The second kappa shape index (κ2) is 7.68. The summed E-state index contributed by atoms with van der Waals surface area (Å²) in [6, 6.07) is -1.40. The summed E-state index contributed by atoms with van der Waals surface area (Å²) < 4.78 is 10.1. The van der Waals surface area contributed by atoms with Gasteiger partial charge in [0, 0.05) is 5.38 Å². The number of carboxylic acid groups (broad SMARTS) is 1. The Morgan fingerprint density at radius 2 is 1.60 bits per heavy atom. The quantitative estimate of drug-likeness (QED) is 0.740. The summed E-state index contributed by atoms with van der Waals surface area (Å²) in [4.78, 5) is 38.9. The molecule has 140 valence electrons. The van der Waals surface area contributed by atoms with Crippen LogP contribution in [0.3, 0.4) is 0 Å². The van der Waals surface area contributed by atoms with E-state index < -0.39 is 35.4 Å². The van der Waals surface area contributed by atoms with E-state index in [4.69, 9.17) is 9.47 Å². The van der Waals surface area contributed by atoms with Crippen molar-refractivity contribution in [3.8, 4) is 0 Å². The minimum Gasteiger partial charge on any atom is -0.479 e. The summed E-state index contributed by atoms with van der Waals surface area (Å²) in [6.45, 7) is 10.1. The number of ether oxygens (including phenoxy) is 2. The monoisotopic (exact) mass is 373 g/mol. The topological polar surface area (TPSA) is 127 Å². The van der Waals surface area contributed by atoms with E-state index in [-0.39, 0.29) is 10.8 Å².